The van der Waals surface area contributed by atoms with Gasteiger partial charge in [0.15, 0.2) is 0 Å². The first kappa shape index (κ1) is 20.9. The van der Waals surface area contributed by atoms with E-state index in [9.17, 15) is 17.6 Å². The third-order valence-corrected chi connectivity index (χ3v) is 4.72. The summed E-state index contributed by atoms with van der Waals surface area (Å²) < 4.78 is 43.9. The van der Waals surface area contributed by atoms with E-state index in [0.717, 1.165) is 11.8 Å². The van der Waals surface area contributed by atoms with Gasteiger partial charge in [-0.05, 0) is 42.3 Å². The lowest BCUT2D eigenvalue weighted by Crippen LogP contribution is -2.34. The van der Waals surface area contributed by atoms with E-state index in [0.29, 0.717) is 11.3 Å². The van der Waals surface area contributed by atoms with Crippen LogP contribution in [-0.2, 0) is 14.8 Å². The molecule has 0 heterocycles. The molecule has 0 saturated carbocycles. The number of amides is 1. The number of nitrogens with one attached hydrogen (secondary N) is 2. The van der Waals surface area contributed by atoms with Crippen molar-refractivity contribution in [2.75, 3.05) is 13.4 Å². The zero-order valence-electron chi connectivity index (χ0n) is 15.4. The summed E-state index contributed by atoms with van der Waals surface area (Å²) in [6, 6.07) is 11.6. The van der Waals surface area contributed by atoms with Gasteiger partial charge in [0.1, 0.15) is 11.6 Å². The Kier molecular flexibility index (Phi) is 6.92. The summed E-state index contributed by atoms with van der Waals surface area (Å²) in [4.78, 5) is 12.4. The molecule has 0 aromatic heterocycles. The summed E-state index contributed by atoms with van der Waals surface area (Å²) >= 11 is 0. The standard InChI is InChI=1S/C19H23FN2O4S/c1-13(14-6-10-17(26-2)11-7-14)21-19(23)12-18(22-27(3,24)25)15-4-8-16(20)9-5-15/h4-11,13,18,22H,12H2,1-3H3,(H,21,23)/t13-,18-/m1/s1. The van der Waals surface area contributed by atoms with Gasteiger partial charge in [0.05, 0.1) is 25.4 Å². The molecule has 0 radical (unpaired) electrons. The van der Waals surface area contributed by atoms with Crippen molar-refractivity contribution in [3.8, 4) is 5.75 Å². The predicted octanol–water partition coefficient (Wildman–Crippen LogP) is 2.69. The van der Waals surface area contributed by atoms with Gasteiger partial charge in [-0.2, -0.15) is 0 Å². The van der Waals surface area contributed by atoms with Crippen LogP contribution in [0.1, 0.15) is 36.6 Å². The topological polar surface area (TPSA) is 84.5 Å². The predicted molar refractivity (Wildman–Crippen MR) is 101 cm³/mol. The van der Waals surface area contributed by atoms with Crippen LogP contribution in [0.25, 0.3) is 0 Å². The lowest BCUT2D eigenvalue weighted by atomic mass is 10.0. The van der Waals surface area contributed by atoms with Crippen molar-refractivity contribution in [3.63, 3.8) is 0 Å². The molecule has 8 heteroatoms. The van der Waals surface area contributed by atoms with E-state index in [1.54, 1.807) is 19.2 Å². The Bertz CT molecular complexity index is 868. The van der Waals surface area contributed by atoms with Crippen LogP contribution >= 0.6 is 0 Å². The number of benzene rings is 2. The van der Waals surface area contributed by atoms with Crippen molar-refractivity contribution in [2.45, 2.75) is 25.4 Å². The second-order valence-electron chi connectivity index (χ2n) is 6.26. The van der Waals surface area contributed by atoms with Crippen LogP contribution in [0.5, 0.6) is 5.75 Å². The van der Waals surface area contributed by atoms with Gasteiger partial charge in [-0.3, -0.25) is 4.79 Å². The fourth-order valence-corrected chi connectivity index (χ4v) is 3.38. The molecule has 0 fully saturated rings. The van der Waals surface area contributed by atoms with E-state index < -0.39 is 21.9 Å². The molecule has 6 nitrogen and oxygen atoms in total. The van der Waals surface area contributed by atoms with Crippen molar-refractivity contribution < 1.29 is 22.3 Å². The average Bonchev–Trinajstić information content (AvgIpc) is 2.60. The van der Waals surface area contributed by atoms with Crippen LogP contribution in [-0.4, -0.2) is 27.7 Å². The Balaban J connectivity index is 2.08. The molecule has 0 saturated heterocycles. The number of rotatable bonds is 8. The van der Waals surface area contributed by atoms with E-state index in [2.05, 4.69) is 10.0 Å². The molecule has 0 aliphatic carbocycles. The maximum absolute atomic E-state index is 13.1. The van der Waals surface area contributed by atoms with E-state index in [1.165, 1.54) is 24.3 Å². The number of hydrogen-bond acceptors (Lipinski definition) is 4. The van der Waals surface area contributed by atoms with Crippen molar-refractivity contribution in [1.82, 2.24) is 10.0 Å². The highest BCUT2D eigenvalue weighted by molar-refractivity contribution is 7.88. The fourth-order valence-electron chi connectivity index (χ4n) is 2.64. The molecule has 146 valence electrons. The smallest absolute Gasteiger partial charge is 0.222 e. The quantitative estimate of drug-likeness (QED) is 0.721. The van der Waals surface area contributed by atoms with E-state index in [4.69, 9.17) is 4.74 Å². The normalized spacial score (nSPS) is 13.6. The largest absolute Gasteiger partial charge is 0.497 e. The van der Waals surface area contributed by atoms with Crippen molar-refractivity contribution >= 4 is 15.9 Å². The molecule has 0 spiro atoms. The number of halogens is 1. The van der Waals surface area contributed by atoms with E-state index in [1.807, 2.05) is 19.1 Å². The molecule has 0 unspecified atom stereocenters. The Hall–Kier alpha value is -2.45. The molecule has 0 bridgehead atoms. The third-order valence-electron chi connectivity index (χ3n) is 4.01. The molecule has 0 aliphatic heterocycles. The van der Waals surface area contributed by atoms with Gasteiger partial charge in [0.2, 0.25) is 15.9 Å². The molecule has 2 aromatic rings. The molecule has 2 N–H and O–H groups in total. The van der Waals surface area contributed by atoms with Gasteiger partial charge in [0, 0.05) is 6.42 Å². The average molecular weight is 394 g/mol. The van der Waals surface area contributed by atoms with E-state index in [-0.39, 0.29) is 18.4 Å². The highest BCUT2D eigenvalue weighted by Gasteiger charge is 2.21. The number of sulfonamides is 1. The molecule has 2 aromatic carbocycles. The second-order valence-corrected chi connectivity index (χ2v) is 8.04. The number of ether oxygens (including phenoxy) is 1. The minimum atomic E-state index is -3.55. The minimum absolute atomic E-state index is 0.112. The summed E-state index contributed by atoms with van der Waals surface area (Å²) in [5, 5.41) is 2.84. The summed E-state index contributed by atoms with van der Waals surface area (Å²) in [7, 11) is -1.98. The van der Waals surface area contributed by atoms with Crippen LogP contribution in [0.4, 0.5) is 4.39 Å². The lowest BCUT2D eigenvalue weighted by molar-refractivity contribution is -0.122. The van der Waals surface area contributed by atoms with Crippen LogP contribution in [0, 0.1) is 5.82 Å². The van der Waals surface area contributed by atoms with Gasteiger partial charge in [-0.15, -0.1) is 0 Å². The van der Waals surface area contributed by atoms with Gasteiger partial charge < -0.3 is 10.1 Å². The monoisotopic (exact) mass is 394 g/mol. The summed E-state index contributed by atoms with van der Waals surface area (Å²) in [6.07, 6.45) is 0.903. The van der Waals surface area contributed by atoms with Gasteiger partial charge >= 0.3 is 0 Å². The first-order valence-corrected chi connectivity index (χ1v) is 10.2. The Morgan fingerprint density at radius 1 is 1.07 bits per heavy atom. The summed E-state index contributed by atoms with van der Waals surface area (Å²) in [6.45, 7) is 1.83. The van der Waals surface area contributed by atoms with Gasteiger partial charge in [-0.1, -0.05) is 24.3 Å². The second kappa shape index (κ2) is 8.96. The van der Waals surface area contributed by atoms with Gasteiger partial charge in [0.25, 0.3) is 0 Å². The molecule has 27 heavy (non-hydrogen) atoms. The Morgan fingerprint density at radius 2 is 1.63 bits per heavy atom. The molecule has 2 atom stereocenters. The maximum atomic E-state index is 13.1. The number of hydrogen-bond donors (Lipinski definition) is 2. The zero-order valence-corrected chi connectivity index (χ0v) is 16.2. The van der Waals surface area contributed by atoms with Crippen LogP contribution in [0.15, 0.2) is 48.5 Å². The molecule has 2 rings (SSSR count). The highest BCUT2D eigenvalue weighted by atomic mass is 32.2. The molecule has 1 amide bonds. The zero-order chi connectivity index (χ0) is 20.0. The first-order valence-electron chi connectivity index (χ1n) is 8.34. The lowest BCUT2D eigenvalue weighted by Gasteiger charge is -2.20. The molecule has 0 aliphatic rings. The number of carbonyl (C=O) groups excluding carboxylic acids is 1. The number of carbonyl (C=O) groups is 1. The van der Waals surface area contributed by atoms with Crippen LogP contribution in [0.2, 0.25) is 0 Å². The molecular formula is C19H23FN2O4S. The summed E-state index contributed by atoms with van der Waals surface area (Å²) in [5.74, 6) is -0.0516. The highest BCUT2D eigenvalue weighted by Crippen LogP contribution is 2.21. The van der Waals surface area contributed by atoms with Crippen molar-refractivity contribution in [3.05, 3.63) is 65.5 Å². The maximum Gasteiger partial charge on any atom is 0.222 e. The molecular weight excluding hydrogens is 371 g/mol. The third kappa shape index (κ3) is 6.65. The van der Waals surface area contributed by atoms with Crippen molar-refractivity contribution in [2.24, 2.45) is 0 Å². The SMILES string of the molecule is COc1ccc([C@@H](C)NC(=O)C[C@@H](NS(C)(=O)=O)c2ccc(F)cc2)cc1. The first-order chi connectivity index (χ1) is 12.7. The van der Waals surface area contributed by atoms with Crippen molar-refractivity contribution in [1.29, 1.82) is 0 Å². The van der Waals surface area contributed by atoms with E-state index >= 15 is 0 Å². The fraction of sp³-hybridized carbons (Fsp3) is 0.316. The van der Waals surface area contributed by atoms with Gasteiger partial charge in [-0.25, -0.2) is 17.5 Å². The Morgan fingerprint density at radius 3 is 2.15 bits per heavy atom. The minimum Gasteiger partial charge on any atom is -0.497 e. The number of methoxy groups -OCH3 is 1. The van der Waals surface area contributed by atoms with Crippen LogP contribution < -0.4 is 14.8 Å². The van der Waals surface area contributed by atoms with Crippen LogP contribution in [0.3, 0.4) is 0 Å². The Labute approximate surface area is 158 Å². The summed E-state index contributed by atoms with van der Waals surface area (Å²) in [5.41, 5.74) is 1.40.